The van der Waals surface area contributed by atoms with E-state index in [2.05, 4.69) is 36.5 Å². The normalized spacial score (nSPS) is 25.5. The molecule has 1 aromatic carbocycles. The van der Waals surface area contributed by atoms with E-state index >= 15 is 0 Å². The topological polar surface area (TPSA) is 21.3 Å². The van der Waals surface area contributed by atoms with Gasteiger partial charge in [0.2, 0.25) is 0 Å². The Morgan fingerprint density at radius 3 is 2.89 bits per heavy atom. The van der Waals surface area contributed by atoms with Crippen LogP contribution in [-0.4, -0.2) is 13.2 Å². The molecule has 18 heavy (non-hydrogen) atoms. The van der Waals surface area contributed by atoms with Gasteiger partial charge in [0.05, 0.1) is 6.61 Å². The molecule has 2 heteroatoms. The fourth-order valence-corrected chi connectivity index (χ4v) is 3.33. The second-order valence-electron chi connectivity index (χ2n) is 6.13. The summed E-state index contributed by atoms with van der Waals surface area (Å²) in [6.45, 7) is 4.41. The molecule has 0 radical (unpaired) electrons. The second kappa shape index (κ2) is 4.93. The molecule has 1 unspecified atom stereocenters. The van der Waals surface area contributed by atoms with Crippen molar-refractivity contribution in [3.05, 3.63) is 29.8 Å². The molecular formula is C16H23NO. The summed E-state index contributed by atoms with van der Waals surface area (Å²) in [6.07, 6.45) is 6.66. The third-order valence-corrected chi connectivity index (χ3v) is 4.54. The van der Waals surface area contributed by atoms with Gasteiger partial charge in [0.25, 0.3) is 0 Å². The van der Waals surface area contributed by atoms with Gasteiger partial charge in [0, 0.05) is 24.6 Å². The molecular weight excluding hydrogens is 222 g/mol. The first-order valence-corrected chi connectivity index (χ1v) is 7.22. The van der Waals surface area contributed by atoms with Gasteiger partial charge in [-0.25, -0.2) is 0 Å². The number of hydrogen-bond donors (Lipinski definition) is 1. The lowest BCUT2D eigenvalue weighted by Crippen LogP contribution is -2.34. The number of rotatable bonds is 3. The third kappa shape index (κ3) is 2.39. The minimum atomic E-state index is 0.479. The summed E-state index contributed by atoms with van der Waals surface area (Å²) in [5.74, 6) is 1.07. The van der Waals surface area contributed by atoms with Crippen molar-refractivity contribution < 1.29 is 4.74 Å². The number of para-hydroxylation sites is 1. The van der Waals surface area contributed by atoms with E-state index in [9.17, 15) is 0 Å². The van der Waals surface area contributed by atoms with Crippen molar-refractivity contribution in [3.8, 4) is 5.75 Å². The van der Waals surface area contributed by atoms with Gasteiger partial charge >= 0.3 is 0 Å². The molecule has 1 heterocycles. The first-order chi connectivity index (χ1) is 8.77. The molecule has 0 saturated heterocycles. The maximum absolute atomic E-state index is 5.71. The van der Waals surface area contributed by atoms with Crippen LogP contribution in [0.15, 0.2) is 24.3 Å². The maximum atomic E-state index is 5.71. The van der Waals surface area contributed by atoms with Gasteiger partial charge in [0.1, 0.15) is 5.75 Å². The summed E-state index contributed by atoms with van der Waals surface area (Å²) in [6, 6.07) is 8.93. The summed E-state index contributed by atoms with van der Waals surface area (Å²) < 4.78 is 5.71. The Bertz CT molecular complexity index is 409. The van der Waals surface area contributed by atoms with Crippen LogP contribution in [0.2, 0.25) is 0 Å². The molecule has 3 rings (SSSR count). The molecule has 2 aliphatic rings. The van der Waals surface area contributed by atoms with E-state index in [1.165, 1.54) is 31.2 Å². The zero-order valence-electron chi connectivity index (χ0n) is 11.2. The molecule has 1 atom stereocenters. The Hall–Kier alpha value is -1.02. The molecule has 1 fully saturated rings. The lowest BCUT2D eigenvalue weighted by atomic mass is 9.88. The SMILES string of the molecule is CC1(CNC2CCOc3ccccc32)CCCC1. The Kier molecular flexibility index (Phi) is 3.29. The second-order valence-corrected chi connectivity index (χ2v) is 6.13. The summed E-state index contributed by atoms with van der Waals surface area (Å²) in [4.78, 5) is 0. The summed E-state index contributed by atoms with van der Waals surface area (Å²) in [5, 5.41) is 3.78. The lowest BCUT2D eigenvalue weighted by molar-refractivity contribution is 0.231. The molecule has 2 nitrogen and oxygen atoms in total. The highest BCUT2D eigenvalue weighted by Crippen LogP contribution is 2.38. The van der Waals surface area contributed by atoms with E-state index in [1.54, 1.807) is 0 Å². The average molecular weight is 245 g/mol. The first kappa shape index (κ1) is 12.0. The standard InChI is InChI=1S/C16H23NO/c1-16(9-4-5-10-16)12-17-14-8-11-18-15-7-3-2-6-13(14)15/h2-3,6-7,14,17H,4-5,8-12H2,1H3. The van der Waals surface area contributed by atoms with E-state index in [0.29, 0.717) is 11.5 Å². The van der Waals surface area contributed by atoms with Crippen LogP contribution in [0.3, 0.4) is 0 Å². The molecule has 0 bridgehead atoms. The number of hydrogen-bond acceptors (Lipinski definition) is 2. The monoisotopic (exact) mass is 245 g/mol. The first-order valence-electron chi connectivity index (χ1n) is 7.22. The van der Waals surface area contributed by atoms with E-state index in [1.807, 2.05) is 0 Å². The Morgan fingerprint density at radius 2 is 2.06 bits per heavy atom. The zero-order valence-corrected chi connectivity index (χ0v) is 11.2. The van der Waals surface area contributed by atoms with E-state index in [-0.39, 0.29) is 0 Å². The molecule has 1 N–H and O–H groups in total. The van der Waals surface area contributed by atoms with Crippen LogP contribution >= 0.6 is 0 Å². The number of nitrogens with one attached hydrogen (secondary N) is 1. The van der Waals surface area contributed by atoms with Gasteiger partial charge in [-0.3, -0.25) is 0 Å². The average Bonchev–Trinajstić information content (AvgIpc) is 2.84. The quantitative estimate of drug-likeness (QED) is 0.877. The Morgan fingerprint density at radius 1 is 1.28 bits per heavy atom. The highest BCUT2D eigenvalue weighted by molar-refractivity contribution is 5.37. The van der Waals surface area contributed by atoms with Crippen molar-refractivity contribution in [1.29, 1.82) is 0 Å². The molecule has 98 valence electrons. The van der Waals surface area contributed by atoms with Crippen molar-refractivity contribution >= 4 is 0 Å². The van der Waals surface area contributed by atoms with Crippen LogP contribution in [0.4, 0.5) is 0 Å². The molecule has 1 saturated carbocycles. The molecule has 1 aromatic rings. The smallest absolute Gasteiger partial charge is 0.124 e. The Labute approximate surface area is 110 Å². The highest BCUT2D eigenvalue weighted by Gasteiger charge is 2.30. The largest absolute Gasteiger partial charge is 0.493 e. The fourth-order valence-electron chi connectivity index (χ4n) is 3.33. The molecule has 0 aromatic heterocycles. The van der Waals surface area contributed by atoms with Crippen LogP contribution in [0.1, 0.15) is 50.6 Å². The fraction of sp³-hybridized carbons (Fsp3) is 0.625. The molecule has 1 aliphatic heterocycles. The van der Waals surface area contributed by atoms with Crippen LogP contribution in [-0.2, 0) is 0 Å². The number of ether oxygens (including phenoxy) is 1. The van der Waals surface area contributed by atoms with Gasteiger partial charge in [0.15, 0.2) is 0 Å². The van der Waals surface area contributed by atoms with E-state index in [4.69, 9.17) is 4.74 Å². The van der Waals surface area contributed by atoms with Crippen molar-refractivity contribution in [1.82, 2.24) is 5.32 Å². The number of fused-ring (bicyclic) bond motifs is 1. The minimum Gasteiger partial charge on any atom is -0.493 e. The van der Waals surface area contributed by atoms with Crippen molar-refractivity contribution in [3.63, 3.8) is 0 Å². The van der Waals surface area contributed by atoms with Crippen LogP contribution in [0.5, 0.6) is 5.75 Å². The van der Waals surface area contributed by atoms with Crippen molar-refractivity contribution in [2.24, 2.45) is 5.41 Å². The molecule has 0 spiro atoms. The van der Waals surface area contributed by atoms with Crippen LogP contribution < -0.4 is 10.1 Å². The van der Waals surface area contributed by atoms with Crippen LogP contribution in [0.25, 0.3) is 0 Å². The molecule has 1 aliphatic carbocycles. The van der Waals surface area contributed by atoms with Crippen LogP contribution in [0, 0.1) is 5.41 Å². The lowest BCUT2D eigenvalue weighted by Gasteiger charge is -2.31. The predicted octanol–water partition coefficient (Wildman–Crippen LogP) is 3.68. The van der Waals surface area contributed by atoms with E-state index in [0.717, 1.165) is 25.3 Å². The number of benzene rings is 1. The molecule has 0 amide bonds. The van der Waals surface area contributed by atoms with Gasteiger partial charge in [-0.2, -0.15) is 0 Å². The van der Waals surface area contributed by atoms with E-state index < -0.39 is 0 Å². The predicted molar refractivity (Wildman–Crippen MR) is 73.9 cm³/mol. The van der Waals surface area contributed by atoms with Gasteiger partial charge in [-0.15, -0.1) is 0 Å². The Balaban J connectivity index is 1.67. The zero-order chi connectivity index (χ0) is 12.4. The van der Waals surface area contributed by atoms with Crippen molar-refractivity contribution in [2.75, 3.05) is 13.2 Å². The van der Waals surface area contributed by atoms with Gasteiger partial charge in [-0.05, 0) is 24.3 Å². The highest BCUT2D eigenvalue weighted by atomic mass is 16.5. The third-order valence-electron chi connectivity index (χ3n) is 4.54. The van der Waals surface area contributed by atoms with Crippen molar-refractivity contribution in [2.45, 2.75) is 45.1 Å². The van der Waals surface area contributed by atoms with Gasteiger partial charge < -0.3 is 10.1 Å². The summed E-state index contributed by atoms with van der Waals surface area (Å²) >= 11 is 0. The van der Waals surface area contributed by atoms with Gasteiger partial charge in [-0.1, -0.05) is 38.0 Å². The maximum Gasteiger partial charge on any atom is 0.124 e. The summed E-state index contributed by atoms with van der Waals surface area (Å²) in [7, 11) is 0. The summed E-state index contributed by atoms with van der Waals surface area (Å²) in [5.41, 5.74) is 1.86. The minimum absolute atomic E-state index is 0.479.